The summed E-state index contributed by atoms with van der Waals surface area (Å²) in [4.78, 5) is 19.3. The lowest BCUT2D eigenvalue weighted by Crippen LogP contribution is -2.09. The molecule has 3 rings (SSSR count). The third kappa shape index (κ3) is 2.13. The van der Waals surface area contributed by atoms with Crippen LogP contribution in [-0.2, 0) is 6.54 Å². The van der Waals surface area contributed by atoms with Gasteiger partial charge in [-0.25, -0.2) is 4.98 Å². The Morgan fingerprint density at radius 3 is 2.53 bits per heavy atom. The maximum atomic E-state index is 12.0. The van der Waals surface area contributed by atoms with Crippen LogP contribution in [0.25, 0.3) is 22.3 Å². The number of aromatic amines is 1. The molecule has 0 unspecified atom stereocenters. The van der Waals surface area contributed by atoms with Gasteiger partial charge in [-0.1, -0.05) is 36.4 Å². The number of nitrogens with one attached hydrogen (secondary N) is 1. The van der Waals surface area contributed by atoms with Crippen molar-refractivity contribution in [3.8, 4) is 11.4 Å². The Bertz CT molecular complexity index is 775. The summed E-state index contributed by atoms with van der Waals surface area (Å²) >= 11 is 0. The Morgan fingerprint density at radius 1 is 1.05 bits per heavy atom. The number of nitrogens with two attached hydrogens (primary N) is 1. The number of benzene rings is 2. The molecule has 0 aliphatic carbocycles. The van der Waals surface area contributed by atoms with Gasteiger partial charge in [-0.2, -0.15) is 0 Å². The first-order valence-electron chi connectivity index (χ1n) is 6.06. The van der Waals surface area contributed by atoms with E-state index in [1.54, 1.807) is 6.07 Å². The minimum atomic E-state index is -0.122. The smallest absolute Gasteiger partial charge is 0.259 e. The van der Waals surface area contributed by atoms with E-state index in [4.69, 9.17) is 5.73 Å². The van der Waals surface area contributed by atoms with Crippen LogP contribution in [0.15, 0.2) is 53.3 Å². The van der Waals surface area contributed by atoms with Crippen molar-refractivity contribution < 1.29 is 0 Å². The number of fused-ring (bicyclic) bond motifs is 1. The van der Waals surface area contributed by atoms with Crippen molar-refractivity contribution in [2.24, 2.45) is 5.73 Å². The lowest BCUT2D eigenvalue weighted by atomic mass is 10.1. The summed E-state index contributed by atoms with van der Waals surface area (Å²) in [5, 5.41) is 0.602. The SMILES string of the molecule is NCc1ccc(-c2nc3ccccc3c(=O)[nH]2)cc1. The topological polar surface area (TPSA) is 71.8 Å². The quantitative estimate of drug-likeness (QED) is 0.732. The van der Waals surface area contributed by atoms with Crippen LogP contribution < -0.4 is 11.3 Å². The van der Waals surface area contributed by atoms with Gasteiger partial charge in [-0.05, 0) is 17.7 Å². The maximum absolute atomic E-state index is 12.0. The van der Waals surface area contributed by atoms with Crippen LogP contribution in [0.2, 0.25) is 0 Å². The van der Waals surface area contributed by atoms with E-state index in [9.17, 15) is 4.79 Å². The maximum Gasteiger partial charge on any atom is 0.259 e. The molecule has 0 saturated heterocycles. The molecule has 0 aliphatic heterocycles. The number of hydrogen-bond acceptors (Lipinski definition) is 3. The molecule has 3 aromatic rings. The molecular weight excluding hydrogens is 238 g/mol. The first kappa shape index (κ1) is 11.6. The summed E-state index contributed by atoms with van der Waals surface area (Å²) in [6.45, 7) is 0.502. The van der Waals surface area contributed by atoms with E-state index in [-0.39, 0.29) is 5.56 Å². The van der Waals surface area contributed by atoms with Gasteiger partial charge in [-0.3, -0.25) is 4.79 Å². The fourth-order valence-electron chi connectivity index (χ4n) is 2.02. The summed E-state index contributed by atoms with van der Waals surface area (Å²) in [5.74, 6) is 0.576. The number of H-pyrrole nitrogens is 1. The molecule has 0 atom stereocenters. The summed E-state index contributed by atoms with van der Waals surface area (Å²) in [6, 6.07) is 15.0. The Balaban J connectivity index is 2.16. The molecule has 2 aromatic carbocycles. The van der Waals surface area contributed by atoms with Crippen molar-refractivity contribution in [1.29, 1.82) is 0 Å². The van der Waals surface area contributed by atoms with E-state index < -0.39 is 0 Å². The first-order valence-corrected chi connectivity index (χ1v) is 6.06. The van der Waals surface area contributed by atoms with Crippen LogP contribution in [0.1, 0.15) is 5.56 Å². The molecule has 19 heavy (non-hydrogen) atoms. The molecule has 0 bridgehead atoms. The van der Waals surface area contributed by atoms with Crippen LogP contribution in [-0.4, -0.2) is 9.97 Å². The highest BCUT2D eigenvalue weighted by Gasteiger charge is 2.05. The van der Waals surface area contributed by atoms with Crippen LogP contribution >= 0.6 is 0 Å². The fraction of sp³-hybridized carbons (Fsp3) is 0.0667. The zero-order valence-corrected chi connectivity index (χ0v) is 10.3. The monoisotopic (exact) mass is 251 g/mol. The zero-order chi connectivity index (χ0) is 13.2. The minimum absolute atomic E-state index is 0.122. The normalized spacial score (nSPS) is 10.8. The van der Waals surface area contributed by atoms with Gasteiger partial charge < -0.3 is 10.7 Å². The highest BCUT2D eigenvalue weighted by Crippen LogP contribution is 2.16. The third-order valence-corrected chi connectivity index (χ3v) is 3.08. The van der Waals surface area contributed by atoms with Crippen molar-refractivity contribution in [2.45, 2.75) is 6.54 Å². The molecule has 0 radical (unpaired) electrons. The van der Waals surface area contributed by atoms with E-state index in [1.165, 1.54) is 0 Å². The van der Waals surface area contributed by atoms with Gasteiger partial charge in [0.1, 0.15) is 5.82 Å². The highest BCUT2D eigenvalue weighted by molar-refractivity contribution is 5.79. The molecule has 94 valence electrons. The number of rotatable bonds is 2. The minimum Gasteiger partial charge on any atom is -0.326 e. The Labute approximate surface area is 109 Å². The lowest BCUT2D eigenvalue weighted by Gasteiger charge is -2.04. The number of hydrogen-bond donors (Lipinski definition) is 2. The summed E-state index contributed by atoms with van der Waals surface area (Å²) in [5.41, 5.74) is 8.06. The highest BCUT2D eigenvalue weighted by atomic mass is 16.1. The van der Waals surface area contributed by atoms with E-state index >= 15 is 0 Å². The number of nitrogens with zero attached hydrogens (tertiary/aromatic N) is 1. The van der Waals surface area contributed by atoms with Crippen molar-refractivity contribution in [2.75, 3.05) is 0 Å². The van der Waals surface area contributed by atoms with Crippen molar-refractivity contribution >= 4 is 10.9 Å². The summed E-state index contributed by atoms with van der Waals surface area (Å²) < 4.78 is 0. The molecule has 0 aliphatic rings. The molecule has 1 aromatic heterocycles. The number of aromatic nitrogens is 2. The molecule has 3 N–H and O–H groups in total. The van der Waals surface area contributed by atoms with E-state index in [0.29, 0.717) is 23.3 Å². The Hall–Kier alpha value is -2.46. The Morgan fingerprint density at radius 2 is 1.79 bits per heavy atom. The second-order valence-electron chi connectivity index (χ2n) is 4.33. The van der Waals surface area contributed by atoms with E-state index in [1.807, 2.05) is 42.5 Å². The van der Waals surface area contributed by atoms with E-state index in [2.05, 4.69) is 9.97 Å². The van der Waals surface area contributed by atoms with E-state index in [0.717, 1.165) is 11.1 Å². The van der Waals surface area contributed by atoms with Crippen LogP contribution in [0.5, 0.6) is 0 Å². The molecular formula is C15H13N3O. The Kier molecular flexibility index (Phi) is 2.85. The predicted molar refractivity (Wildman–Crippen MR) is 75.7 cm³/mol. The lowest BCUT2D eigenvalue weighted by molar-refractivity contribution is 1.07. The van der Waals surface area contributed by atoms with Crippen molar-refractivity contribution in [1.82, 2.24) is 9.97 Å². The zero-order valence-electron chi connectivity index (χ0n) is 10.3. The van der Waals surface area contributed by atoms with Gasteiger partial charge in [0, 0.05) is 12.1 Å². The van der Waals surface area contributed by atoms with Gasteiger partial charge in [-0.15, -0.1) is 0 Å². The van der Waals surface area contributed by atoms with Crippen molar-refractivity contribution in [3.63, 3.8) is 0 Å². The molecule has 0 spiro atoms. The second kappa shape index (κ2) is 4.66. The summed E-state index contributed by atoms with van der Waals surface area (Å²) in [7, 11) is 0. The predicted octanol–water partition coefficient (Wildman–Crippen LogP) is 2.05. The van der Waals surface area contributed by atoms with Crippen LogP contribution in [0.4, 0.5) is 0 Å². The molecule has 0 saturated carbocycles. The first-order chi connectivity index (χ1) is 9.28. The van der Waals surface area contributed by atoms with Crippen LogP contribution in [0.3, 0.4) is 0 Å². The molecule has 4 heteroatoms. The van der Waals surface area contributed by atoms with Gasteiger partial charge in [0.05, 0.1) is 10.9 Å². The summed E-state index contributed by atoms with van der Waals surface area (Å²) in [6.07, 6.45) is 0. The standard InChI is InChI=1S/C15H13N3O/c16-9-10-5-7-11(8-6-10)14-17-13-4-2-1-3-12(13)15(19)18-14/h1-8H,9,16H2,(H,17,18,19). The molecule has 0 fully saturated rings. The molecule has 0 amide bonds. The average Bonchev–Trinajstić information content (AvgIpc) is 2.47. The van der Waals surface area contributed by atoms with Gasteiger partial charge in [0.15, 0.2) is 0 Å². The van der Waals surface area contributed by atoms with Gasteiger partial charge in [0.2, 0.25) is 0 Å². The number of para-hydroxylation sites is 1. The second-order valence-corrected chi connectivity index (χ2v) is 4.33. The average molecular weight is 251 g/mol. The molecule has 1 heterocycles. The fourth-order valence-corrected chi connectivity index (χ4v) is 2.02. The van der Waals surface area contributed by atoms with Crippen LogP contribution in [0, 0.1) is 0 Å². The third-order valence-electron chi connectivity index (χ3n) is 3.08. The van der Waals surface area contributed by atoms with Crippen molar-refractivity contribution in [3.05, 3.63) is 64.4 Å². The van der Waals surface area contributed by atoms with Gasteiger partial charge in [0.25, 0.3) is 5.56 Å². The largest absolute Gasteiger partial charge is 0.326 e. The molecule has 4 nitrogen and oxygen atoms in total. The van der Waals surface area contributed by atoms with Gasteiger partial charge >= 0.3 is 0 Å².